The molecule has 1 saturated carbocycles. The number of carbonyl (C=O) groups excluding carboxylic acids is 1. The maximum absolute atomic E-state index is 13.4. The van der Waals surface area contributed by atoms with Gasteiger partial charge in [-0.15, -0.1) is 0 Å². The third kappa shape index (κ3) is 2.11. The molecule has 0 bridgehead atoms. The van der Waals surface area contributed by atoms with Crippen LogP contribution in [0.1, 0.15) is 44.9 Å². The first-order valence-corrected chi connectivity index (χ1v) is 5.72. The summed E-state index contributed by atoms with van der Waals surface area (Å²) in [5, 5.41) is 0. The lowest BCUT2D eigenvalue weighted by Crippen LogP contribution is -2.30. The van der Waals surface area contributed by atoms with Gasteiger partial charge in [-0.05, 0) is 44.1 Å². The molecule has 1 unspecified atom stereocenters. The van der Waals surface area contributed by atoms with Gasteiger partial charge < -0.3 is 0 Å². The minimum atomic E-state index is -2.75. The number of rotatable bonds is 2. The molecule has 1 nitrogen and oxygen atoms in total. The Bertz CT molecular complexity index is 294. The molecule has 2 aliphatic rings. The molecule has 0 aliphatic heterocycles. The Morgan fingerprint density at radius 1 is 1.33 bits per heavy atom. The number of carbonyl (C=O) groups is 1. The SMILES string of the molecule is O=C(C1=CCCCC1)C1CCCC1(F)F. The lowest BCUT2D eigenvalue weighted by atomic mass is 9.88. The molecule has 0 aromatic rings. The molecule has 2 aliphatic carbocycles. The molecule has 1 atom stereocenters. The number of ketones is 1. The van der Waals surface area contributed by atoms with E-state index in [1.165, 1.54) is 0 Å². The Labute approximate surface area is 88.5 Å². The molecule has 0 spiro atoms. The minimum Gasteiger partial charge on any atom is -0.294 e. The van der Waals surface area contributed by atoms with Crippen LogP contribution < -0.4 is 0 Å². The highest BCUT2D eigenvalue weighted by Crippen LogP contribution is 2.42. The van der Waals surface area contributed by atoms with Gasteiger partial charge in [0.25, 0.3) is 5.92 Å². The van der Waals surface area contributed by atoms with E-state index in [4.69, 9.17) is 0 Å². The summed E-state index contributed by atoms with van der Waals surface area (Å²) >= 11 is 0. The van der Waals surface area contributed by atoms with Crippen molar-refractivity contribution in [2.75, 3.05) is 0 Å². The van der Waals surface area contributed by atoms with E-state index in [-0.39, 0.29) is 12.2 Å². The summed E-state index contributed by atoms with van der Waals surface area (Å²) in [5.41, 5.74) is 0.660. The van der Waals surface area contributed by atoms with E-state index in [0.29, 0.717) is 24.8 Å². The van der Waals surface area contributed by atoms with Crippen LogP contribution in [0.5, 0.6) is 0 Å². The van der Waals surface area contributed by atoms with Crippen molar-refractivity contribution in [3.8, 4) is 0 Å². The number of hydrogen-bond acceptors (Lipinski definition) is 1. The summed E-state index contributed by atoms with van der Waals surface area (Å²) in [6.07, 6.45) is 6.22. The molecule has 84 valence electrons. The van der Waals surface area contributed by atoms with Crippen molar-refractivity contribution in [2.45, 2.75) is 50.9 Å². The summed E-state index contributed by atoms with van der Waals surface area (Å²) in [6.45, 7) is 0. The van der Waals surface area contributed by atoms with Crippen LogP contribution in [0.2, 0.25) is 0 Å². The molecule has 2 rings (SSSR count). The van der Waals surface area contributed by atoms with E-state index in [9.17, 15) is 13.6 Å². The van der Waals surface area contributed by atoms with Crippen molar-refractivity contribution >= 4 is 5.78 Å². The molecule has 0 radical (unpaired) electrons. The Hall–Kier alpha value is -0.730. The first kappa shape index (κ1) is 10.8. The topological polar surface area (TPSA) is 17.1 Å². The molecule has 0 heterocycles. The number of alkyl halides is 2. The number of hydrogen-bond donors (Lipinski definition) is 0. The van der Waals surface area contributed by atoms with Crippen LogP contribution in [-0.2, 0) is 4.79 Å². The number of halogens is 2. The molecule has 0 aromatic carbocycles. The fraction of sp³-hybridized carbons (Fsp3) is 0.750. The van der Waals surface area contributed by atoms with E-state index >= 15 is 0 Å². The number of Topliss-reactive ketones (excluding diaryl/α,β-unsaturated/α-hetero) is 1. The monoisotopic (exact) mass is 214 g/mol. The second-order valence-corrected chi connectivity index (χ2v) is 4.55. The molecule has 15 heavy (non-hydrogen) atoms. The molecule has 0 N–H and O–H groups in total. The molecular formula is C12H16F2O. The van der Waals surface area contributed by atoms with Crippen LogP contribution in [0.25, 0.3) is 0 Å². The molecule has 0 amide bonds. The van der Waals surface area contributed by atoms with Crippen LogP contribution in [-0.4, -0.2) is 11.7 Å². The zero-order valence-corrected chi connectivity index (χ0v) is 8.77. The van der Waals surface area contributed by atoms with Gasteiger partial charge in [-0.3, -0.25) is 4.79 Å². The molecule has 0 saturated heterocycles. The first-order valence-electron chi connectivity index (χ1n) is 5.72. The summed E-state index contributed by atoms with van der Waals surface area (Å²) in [7, 11) is 0. The van der Waals surface area contributed by atoms with Crippen molar-refractivity contribution in [3.63, 3.8) is 0 Å². The Kier molecular flexibility index (Phi) is 2.89. The Balaban J connectivity index is 2.10. The zero-order chi connectivity index (χ0) is 10.9. The summed E-state index contributed by atoms with van der Waals surface area (Å²) in [6, 6.07) is 0. The van der Waals surface area contributed by atoms with Crippen LogP contribution in [0, 0.1) is 5.92 Å². The van der Waals surface area contributed by atoms with Gasteiger partial charge in [0, 0.05) is 6.42 Å². The quantitative estimate of drug-likeness (QED) is 0.687. The minimum absolute atomic E-state index is 0.114. The lowest BCUT2D eigenvalue weighted by molar-refractivity contribution is -0.130. The third-order valence-corrected chi connectivity index (χ3v) is 3.44. The average molecular weight is 214 g/mol. The van der Waals surface area contributed by atoms with Gasteiger partial charge in [-0.25, -0.2) is 8.78 Å². The van der Waals surface area contributed by atoms with Crippen LogP contribution in [0.15, 0.2) is 11.6 Å². The van der Waals surface area contributed by atoms with Crippen molar-refractivity contribution in [1.29, 1.82) is 0 Å². The maximum atomic E-state index is 13.4. The van der Waals surface area contributed by atoms with E-state index in [0.717, 1.165) is 19.3 Å². The standard InChI is InChI=1S/C12H16F2O/c13-12(14)8-4-7-10(12)11(15)9-5-2-1-3-6-9/h5,10H,1-4,6-8H2. The lowest BCUT2D eigenvalue weighted by Gasteiger charge is -2.20. The summed E-state index contributed by atoms with van der Waals surface area (Å²) < 4.78 is 26.7. The van der Waals surface area contributed by atoms with Crippen LogP contribution >= 0.6 is 0 Å². The van der Waals surface area contributed by atoms with Gasteiger partial charge in [0.2, 0.25) is 0 Å². The highest BCUT2D eigenvalue weighted by molar-refractivity contribution is 5.98. The van der Waals surface area contributed by atoms with Gasteiger partial charge >= 0.3 is 0 Å². The maximum Gasteiger partial charge on any atom is 0.258 e. The highest BCUT2D eigenvalue weighted by Gasteiger charge is 2.48. The van der Waals surface area contributed by atoms with Gasteiger partial charge in [-0.2, -0.15) is 0 Å². The van der Waals surface area contributed by atoms with E-state index in [1.807, 2.05) is 6.08 Å². The van der Waals surface area contributed by atoms with Crippen molar-refractivity contribution < 1.29 is 13.6 Å². The third-order valence-electron chi connectivity index (χ3n) is 3.44. The second kappa shape index (κ2) is 4.03. The van der Waals surface area contributed by atoms with Crippen LogP contribution in [0.3, 0.4) is 0 Å². The Morgan fingerprint density at radius 3 is 2.67 bits per heavy atom. The van der Waals surface area contributed by atoms with E-state index in [1.54, 1.807) is 0 Å². The first-order chi connectivity index (χ1) is 7.11. The van der Waals surface area contributed by atoms with Gasteiger partial charge in [0.05, 0.1) is 5.92 Å². The van der Waals surface area contributed by atoms with Crippen LogP contribution in [0.4, 0.5) is 8.78 Å². The summed E-state index contributed by atoms with van der Waals surface area (Å²) in [5.74, 6) is -4.06. The molecular weight excluding hydrogens is 198 g/mol. The van der Waals surface area contributed by atoms with Crippen molar-refractivity contribution in [1.82, 2.24) is 0 Å². The molecule has 3 heteroatoms. The fourth-order valence-electron chi connectivity index (χ4n) is 2.54. The van der Waals surface area contributed by atoms with Gasteiger partial charge in [-0.1, -0.05) is 6.08 Å². The van der Waals surface area contributed by atoms with Crippen molar-refractivity contribution in [3.05, 3.63) is 11.6 Å². The summed E-state index contributed by atoms with van der Waals surface area (Å²) in [4.78, 5) is 11.9. The average Bonchev–Trinajstić information content (AvgIpc) is 2.58. The van der Waals surface area contributed by atoms with Gasteiger partial charge in [0.1, 0.15) is 0 Å². The largest absolute Gasteiger partial charge is 0.294 e. The smallest absolute Gasteiger partial charge is 0.258 e. The van der Waals surface area contributed by atoms with Crippen molar-refractivity contribution in [2.24, 2.45) is 5.92 Å². The zero-order valence-electron chi connectivity index (χ0n) is 8.77. The van der Waals surface area contributed by atoms with E-state index < -0.39 is 11.8 Å². The molecule has 1 fully saturated rings. The highest BCUT2D eigenvalue weighted by atomic mass is 19.3. The molecule has 0 aromatic heterocycles. The second-order valence-electron chi connectivity index (χ2n) is 4.55. The number of allylic oxidation sites excluding steroid dienone is 2. The van der Waals surface area contributed by atoms with E-state index in [2.05, 4.69) is 0 Å². The Morgan fingerprint density at radius 2 is 2.13 bits per heavy atom. The normalized spacial score (nSPS) is 30.0. The predicted molar refractivity (Wildman–Crippen MR) is 53.8 cm³/mol. The van der Waals surface area contributed by atoms with Gasteiger partial charge in [0.15, 0.2) is 5.78 Å². The predicted octanol–water partition coefficient (Wildman–Crippen LogP) is 3.49. The fourth-order valence-corrected chi connectivity index (χ4v) is 2.54.